The summed E-state index contributed by atoms with van der Waals surface area (Å²) in [6.45, 7) is 0. The zero-order valence-electron chi connectivity index (χ0n) is 11.1. The fraction of sp³-hybridized carbons (Fsp3) is 0.200. The summed E-state index contributed by atoms with van der Waals surface area (Å²) in [4.78, 5) is 0. The first-order valence-electron chi connectivity index (χ1n) is 6.39. The van der Waals surface area contributed by atoms with Gasteiger partial charge in [-0.15, -0.1) is 10.2 Å². The Morgan fingerprint density at radius 3 is 2.65 bits per heavy atom. The van der Waals surface area contributed by atoms with Gasteiger partial charge in [-0.05, 0) is 52.2 Å². The highest BCUT2D eigenvalue weighted by molar-refractivity contribution is 9.10. The Labute approximate surface area is 125 Å². The highest BCUT2D eigenvalue weighted by Crippen LogP contribution is 2.17. The maximum absolute atomic E-state index is 5.16. The van der Waals surface area contributed by atoms with Crippen molar-refractivity contribution >= 4 is 21.6 Å². The third kappa shape index (κ3) is 2.54. The number of methoxy groups -OCH3 is 1. The van der Waals surface area contributed by atoms with Crippen LogP contribution in [0.3, 0.4) is 0 Å². The van der Waals surface area contributed by atoms with Gasteiger partial charge in [-0.3, -0.25) is 4.40 Å². The van der Waals surface area contributed by atoms with Crippen molar-refractivity contribution in [2.75, 3.05) is 7.11 Å². The number of aryl methyl sites for hydroxylation is 2. The van der Waals surface area contributed by atoms with Crippen molar-refractivity contribution in [1.29, 1.82) is 0 Å². The van der Waals surface area contributed by atoms with Gasteiger partial charge in [0.15, 0.2) is 5.65 Å². The molecule has 0 atom stereocenters. The zero-order chi connectivity index (χ0) is 13.9. The molecule has 0 aliphatic heterocycles. The lowest BCUT2D eigenvalue weighted by atomic mass is 10.1. The normalized spacial score (nSPS) is 10.9. The monoisotopic (exact) mass is 331 g/mol. The van der Waals surface area contributed by atoms with E-state index in [2.05, 4.69) is 38.3 Å². The maximum atomic E-state index is 5.16. The molecule has 3 rings (SSSR count). The molecular formula is C15H14BrN3O. The summed E-state index contributed by atoms with van der Waals surface area (Å²) in [7, 11) is 1.68. The number of ether oxygens (including phenoxy) is 1. The molecule has 0 radical (unpaired) electrons. The van der Waals surface area contributed by atoms with E-state index in [0.717, 1.165) is 34.5 Å². The molecule has 0 amide bonds. The average Bonchev–Trinajstić information content (AvgIpc) is 2.90. The number of nitrogens with zero attached hydrogens (tertiary/aromatic N) is 3. The lowest BCUT2D eigenvalue weighted by Crippen LogP contribution is -1.98. The fourth-order valence-corrected chi connectivity index (χ4v) is 2.57. The van der Waals surface area contributed by atoms with Gasteiger partial charge in [0, 0.05) is 12.6 Å². The smallest absolute Gasteiger partial charge is 0.175 e. The van der Waals surface area contributed by atoms with Crippen LogP contribution < -0.4 is 4.74 Å². The van der Waals surface area contributed by atoms with Gasteiger partial charge in [0.1, 0.15) is 11.6 Å². The van der Waals surface area contributed by atoms with Gasteiger partial charge in [-0.2, -0.15) is 0 Å². The molecule has 0 aliphatic carbocycles. The van der Waals surface area contributed by atoms with E-state index in [1.54, 1.807) is 7.11 Å². The number of halogens is 1. The summed E-state index contributed by atoms with van der Waals surface area (Å²) in [5, 5.41) is 8.47. The molecule has 0 spiro atoms. The largest absolute Gasteiger partial charge is 0.497 e. The highest BCUT2D eigenvalue weighted by Gasteiger charge is 2.07. The van der Waals surface area contributed by atoms with E-state index in [1.165, 1.54) is 5.56 Å². The third-order valence-corrected chi connectivity index (χ3v) is 3.87. The average molecular weight is 332 g/mol. The van der Waals surface area contributed by atoms with Crippen molar-refractivity contribution in [1.82, 2.24) is 14.6 Å². The third-order valence-electron chi connectivity index (χ3n) is 3.25. The van der Waals surface area contributed by atoms with Crippen molar-refractivity contribution < 1.29 is 4.74 Å². The number of hydrogen-bond acceptors (Lipinski definition) is 3. The molecule has 0 N–H and O–H groups in total. The Kier molecular flexibility index (Phi) is 3.69. The van der Waals surface area contributed by atoms with Crippen LogP contribution in [0.15, 0.2) is 47.1 Å². The topological polar surface area (TPSA) is 39.4 Å². The number of aromatic nitrogens is 3. The van der Waals surface area contributed by atoms with E-state index in [9.17, 15) is 0 Å². The maximum Gasteiger partial charge on any atom is 0.175 e. The molecule has 20 heavy (non-hydrogen) atoms. The highest BCUT2D eigenvalue weighted by atomic mass is 79.9. The Hall–Kier alpha value is -1.88. The van der Waals surface area contributed by atoms with Gasteiger partial charge < -0.3 is 4.74 Å². The molecule has 2 heterocycles. The van der Waals surface area contributed by atoms with Crippen LogP contribution in [0, 0.1) is 0 Å². The summed E-state index contributed by atoms with van der Waals surface area (Å²) in [5.41, 5.74) is 2.12. The number of rotatable bonds is 4. The molecular weight excluding hydrogens is 318 g/mol. The van der Waals surface area contributed by atoms with Crippen molar-refractivity contribution in [3.8, 4) is 5.75 Å². The van der Waals surface area contributed by atoms with Crippen LogP contribution in [0.4, 0.5) is 0 Å². The van der Waals surface area contributed by atoms with Gasteiger partial charge >= 0.3 is 0 Å². The van der Waals surface area contributed by atoms with Crippen LogP contribution in [-0.4, -0.2) is 21.7 Å². The zero-order valence-corrected chi connectivity index (χ0v) is 12.7. The van der Waals surface area contributed by atoms with Gasteiger partial charge in [0.25, 0.3) is 0 Å². The van der Waals surface area contributed by atoms with Gasteiger partial charge in [0.2, 0.25) is 0 Å². The molecule has 0 saturated heterocycles. The summed E-state index contributed by atoms with van der Waals surface area (Å²) in [6, 6.07) is 12.1. The van der Waals surface area contributed by atoms with E-state index in [0.29, 0.717) is 0 Å². The lowest BCUT2D eigenvalue weighted by molar-refractivity contribution is 0.414. The van der Waals surface area contributed by atoms with Crippen LogP contribution in [-0.2, 0) is 12.8 Å². The molecule has 4 nitrogen and oxygen atoms in total. The minimum absolute atomic E-state index is 0.851. The Morgan fingerprint density at radius 1 is 1.10 bits per heavy atom. The first-order chi connectivity index (χ1) is 9.78. The molecule has 0 fully saturated rings. The van der Waals surface area contributed by atoms with Crippen molar-refractivity contribution in [2.24, 2.45) is 0 Å². The fourth-order valence-electron chi connectivity index (χ4n) is 2.15. The molecule has 0 unspecified atom stereocenters. The Balaban J connectivity index is 1.78. The summed E-state index contributed by atoms with van der Waals surface area (Å²) >= 11 is 3.48. The SMILES string of the molecule is COc1ccc(CCc2nnc3c(Br)cccn23)cc1. The summed E-state index contributed by atoms with van der Waals surface area (Å²) < 4.78 is 8.14. The second-order valence-corrected chi connectivity index (χ2v) is 5.37. The minimum Gasteiger partial charge on any atom is -0.497 e. The van der Waals surface area contributed by atoms with E-state index in [-0.39, 0.29) is 0 Å². The second kappa shape index (κ2) is 5.63. The van der Waals surface area contributed by atoms with Crippen LogP contribution in [0.2, 0.25) is 0 Å². The van der Waals surface area contributed by atoms with Gasteiger partial charge in [0.05, 0.1) is 11.6 Å². The number of fused-ring (bicyclic) bond motifs is 1. The quantitative estimate of drug-likeness (QED) is 0.736. The van der Waals surface area contributed by atoms with Gasteiger partial charge in [-0.1, -0.05) is 12.1 Å². The predicted molar refractivity (Wildman–Crippen MR) is 81.1 cm³/mol. The molecule has 102 valence electrons. The lowest BCUT2D eigenvalue weighted by Gasteiger charge is -2.03. The number of pyridine rings is 1. The number of benzene rings is 1. The van der Waals surface area contributed by atoms with E-state index >= 15 is 0 Å². The predicted octanol–water partition coefficient (Wildman–Crippen LogP) is 3.29. The van der Waals surface area contributed by atoms with Crippen molar-refractivity contribution in [3.63, 3.8) is 0 Å². The second-order valence-electron chi connectivity index (χ2n) is 4.51. The van der Waals surface area contributed by atoms with Crippen molar-refractivity contribution in [3.05, 3.63) is 58.5 Å². The molecule has 3 aromatic rings. The summed E-state index contributed by atoms with van der Waals surface area (Å²) in [5.74, 6) is 1.85. The standard InChI is InChI=1S/C15H14BrN3O/c1-20-12-7-4-11(5-8-12)6-9-14-17-18-15-13(16)3-2-10-19(14)15/h2-5,7-8,10H,6,9H2,1H3. The molecule has 1 aromatic carbocycles. The van der Waals surface area contributed by atoms with E-state index in [1.807, 2.05) is 34.9 Å². The molecule has 0 bridgehead atoms. The van der Waals surface area contributed by atoms with Crippen LogP contribution >= 0.6 is 15.9 Å². The number of hydrogen-bond donors (Lipinski definition) is 0. The first-order valence-corrected chi connectivity index (χ1v) is 7.18. The minimum atomic E-state index is 0.851. The van der Waals surface area contributed by atoms with E-state index < -0.39 is 0 Å². The Morgan fingerprint density at radius 2 is 1.90 bits per heavy atom. The molecule has 0 aliphatic rings. The van der Waals surface area contributed by atoms with Crippen molar-refractivity contribution in [2.45, 2.75) is 12.8 Å². The first kappa shape index (κ1) is 13.1. The summed E-state index contributed by atoms with van der Waals surface area (Å²) in [6.07, 6.45) is 3.77. The van der Waals surface area contributed by atoms with Crippen LogP contribution in [0.25, 0.3) is 5.65 Å². The molecule has 0 saturated carbocycles. The Bertz CT molecular complexity index is 722. The molecule has 2 aromatic heterocycles. The van der Waals surface area contributed by atoms with Crippen LogP contribution in [0.1, 0.15) is 11.4 Å². The van der Waals surface area contributed by atoms with Crippen LogP contribution in [0.5, 0.6) is 5.75 Å². The van der Waals surface area contributed by atoms with E-state index in [4.69, 9.17) is 4.74 Å². The molecule has 5 heteroatoms. The van der Waals surface area contributed by atoms with Gasteiger partial charge in [-0.25, -0.2) is 0 Å².